The molecule has 4 N–H and O–H groups in total. The van der Waals surface area contributed by atoms with Crippen molar-refractivity contribution >= 4 is 15.9 Å². The Morgan fingerprint density at radius 1 is 1.47 bits per heavy atom. The second-order valence-electron chi connectivity index (χ2n) is 4.33. The summed E-state index contributed by atoms with van der Waals surface area (Å²) in [5, 5.41) is 18.6. The van der Waals surface area contributed by atoms with E-state index in [1.807, 2.05) is 13.8 Å². The lowest BCUT2D eigenvalue weighted by Crippen LogP contribution is -2.32. The van der Waals surface area contributed by atoms with Gasteiger partial charge in [-0.1, -0.05) is 29.8 Å². The molecule has 1 rings (SSSR count). The van der Waals surface area contributed by atoms with Crippen LogP contribution in [0.5, 0.6) is 5.75 Å². The summed E-state index contributed by atoms with van der Waals surface area (Å²) in [6.45, 7) is 3.76. The fourth-order valence-corrected chi connectivity index (χ4v) is 1.78. The third-order valence-electron chi connectivity index (χ3n) is 2.56. The molecular formula is C11H16BrNO2. The molecule has 0 bridgehead atoms. The van der Waals surface area contributed by atoms with Crippen LogP contribution in [0.1, 0.15) is 25.5 Å². The van der Waals surface area contributed by atoms with Crippen molar-refractivity contribution in [2.45, 2.75) is 19.9 Å². The lowest BCUT2D eigenvalue weighted by molar-refractivity contribution is 0.132. The Bertz CT molecular complexity index is 352. The highest BCUT2D eigenvalue weighted by Gasteiger charge is 2.28. The van der Waals surface area contributed by atoms with Crippen LogP contribution in [-0.4, -0.2) is 16.8 Å². The molecule has 0 aliphatic carbocycles. The van der Waals surface area contributed by atoms with Crippen molar-refractivity contribution in [3.05, 3.63) is 28.2 Å². The van der Waals surface area contributed by atoms with Crippen molar-refractivity contribution in [1.82, 2.24) is 0 Å². The van der Waals surface area contributed by atoms with Gasteiger partial charge in [-0.2, -0.15) is 0 Å². The van der Waals surface area contributed by atoms with E-state index in [1.54, 1.807) is 18.2 Å². The Hall–Kier alpha value is -0.580. The fourth-order valence-electron chi connectivity index (χ4n) is 1.29. The van der Waals surface area contributed by atoms with E-state index in [1.165, 1.54) is 0 Å². The van der Waals surface area contributed by atoms with Gasteiger partial charge in [0.05, 0.1) is 0 Å². The van der Waals surface area contributed by atoms with Gasteiger partial charge in [0.1, 0.15) is 5.75 Å². The molecule has 4 heteroatoms. The smallest absolute Gasteiger partial charge is 0.115 e. The number of phenolic OH excluding ortho intramolecular Hbond substituents is 1. The Labute approximate surface area is 98.1 Å². The van der Waals surface area contributed by atoms with E-state index in [9.17, 15) is 10.2 Å². The summed E-state index contributed by atoms with van der Waals surface area (Å²) in [5.41, 5.74) is 6.43. The van der Waals surface area contributed by atoms with Gasteiger partial charge in [-0.3, -0.25) is 0 Å². The highest BCUT2D eigenvalue weighted by Crippen LogP contribution is 2.36. The van der Waals surface area contributed by atoms with Crippen LogP contribution in [0.4, 0.5) is 0 Å². The maximum Gasteiger partial charge on any atom is 0.115 e. The SMILES string of the molecule is CC(C)(CO)[C@@H](N)c1cc(O)ccc1Br. The molecule has 0 saturated carbocycles. The highest BCUT2D eigenvalue weighted by atomic mass is 79.9. The van der Waals surface area contributed by atoms with Gasteiger partial charge in [0.15, 0.2) is 0 Å². The quantitative estimate of drug-likeness (QED) is 0.791. The summed E-state index contributed by atoms with van der Waals surface area (Å²) in [5.74, 6) is 0.178. The van der Waals surface area contributed by atoms with Crippen LogP contribution in [0.3, 0.4) is 0 Å². The molecule has 84 valence electrons. The second kappa shape index (κ2) is 4.51. The Kier molecular flexibility index (Phi) is 3.76. The van der Waals surface area contributed by atoms with Crippen molar-refractivity contribution in [1.29, 1.82) is 0 Å². The van der Waals surface area contributed by atoms with Gasteiger partial charge < -0.3 is 15.9 Å². The number of rotatable bonds is 3. The van der Waals surface area contributed by atoms with Crippen molar-refractivity contribution < 1.29 is 10.2 Å². The minimum Gasteiger partial charge on any atom is -0.508 e. The molecule has 0 spiro atoms. The number of benzene rings is 1. The van der Waals surface area contributed by atoms with E-state index in [4.69, 9.17) is 5.73 Å². The standard InChI is InChI=1S/C11H16BrNO2/c1-11(2,6-14)10(13)8-5-7(15)3-4-9(8)12/h3-5,10,14-15H,6,13H2,1-2H3/t10-/m0/s1. The van der Waals surface area contributed by atoms with Crippen molar-refractivity contribution in [2.24, 2.45) is 11.1 Å². The average Bonchev–Trinajstić information content (AvgIpc) is 2.20. The number of phenols is 1. The molecule has 0 aliphatic heterocycles. The minimum atomic E-state index is -0.420. The number of aliphatic hydroxyl groups is 1. The van der Waals surface area contributed by atoms with Gasteiger partial charge in [0, 0.05) is 22.5 Å². The van der Waals surface area contributed by atoms with E-state index in [2.05, 4.69) is 15.9 Å². The largest absolute Gasteiger partial charge is 0.508 e. The third kappa shape index (κ3) is 2.71. The minimum absolute atomic E-state index is 0.00371. The van der Waals surface area contributed by atoms with E-state index < -0.39 is 5.41 Å². The molecule has 0 amide bonds. The zero-order chi connectivity index (χ0) is 11.6. The van der Waals surface area contributed by atoms with Crippen LogP contribution >= 0.6 is 15.9 Å². The first-order valence-electron chi connectivity index (χ1n) is 4.73. The molecule has 15 heavy (non-hydrogen) atoms. The van der Waals surface area contributed by atoms with Crippen LogP contribution < -0.4 is 5.73 Å². The zero-order valence-electron chi connectivity index (χ0n) is 8.87. The van der Waals surface area contributed by atoms with Gasteiger partial charge in [0.2, 0.25) is 0 Å². The van der Waals surface area contributed by atoms with Gasteiger partial charge in [-0.05, 0) is 23.8 Å². The van der Waals surface area contributed by atoms with Gasteiger partial charge in [-0.25, -0.2) is 0 Å². The van der Waals surface area contributed by atoms with E-state index in [-0.39, 0.29) is 18.4 Å². The van der Waals surface area contributed by atoms with E-state index in [0.29, 0.717) is 0 Å². The fraction of sp³-hybridized carbons (Fsp3) is 0.455. The third-order valence-corrected chi connectivity index (χ3v) is 3.29. The van der Waals surface area contributed by atoms with E-state index in [0.717, 1.165) is 10.0 Å². The number of halogens is 1. The van der Waals surface area contributed by atoms with Crippen molar-refractivity contribution in [3.8, 4) is 5.75 Å². The first-order chi connectivity index (χ1) is 6.88. The highest BCUT2D eigenvalue weighted by molar-refractivity contribution is 9.10. The Morgan fingerprint density at radius 3 is 2.60 bits per heavy atom. The molecule has 0 heterocycles. The molecule has 3 nitrogen and oxygen atoms in total. The molecule has 0 aromatic heterocycles. The summed E-state index contributed by atoms with van der Waals surface area (Å²) in [4.78, 5) is 0. The Morgan fingerprint density at radius 2 is 2.07 bits per heavy atom. The molecule has 0 fully saturated rings. The summed E-state index contributed by atoms with van der Waals surface area (Å²) < 4.78 is 0.842. The van der Waals surface area contributed by atoms with Crippen LogP contribution in [0.2, 0.25) is 0 Å². The summed E-state index contributed by atoms with van der Waals surface area (Å²) in [6, 6.07) is 4.63. The molecule has 0 saturated heterocycles. The first kappa shape index (κ1) is 12.5. The molecule has 1 aromatic carbocycles. The molecule has 0 radical (unpaired) electrons. The van der Waals surface area contributed by atoms with Gasteiger partial charge in [0.25, 0.3) is 0 Å². The molecule has 0 aliphatic rings. The number of hydrogen-bond acceptors (Lipinski definition) is 3. The normalized spacial score (nSPS) is 13.9. The second-order valence-corrected chi connectivity index (χ2v) is 5.18. The lowest BCUT2D eigenvalue weighted by Gasteiger charge is -2.30. The molecular weight excluding hydrogens is 258 g/mol. The van der Waals surface area contributed by atoms with E-state index >= 15 is 0 Å². The predicted molar refractivity (Wildman–Crippen MR) is 63.6 cm³/mol. The molecule has 0 unspecified atom stereocenters. The molecule has 1 aromatic rings. The first-order valence-corrected chi connectivity index (χ1v) is 5.52. The number of aliphatic hydroxyl groups excluding tert-OH is 1. The van der Waals surface area contributed by atoms with Crippen molar-refractivity contribution in [3.63, 3.8) is 0 Å². The maximum atomic E-state index is 9.39. The Balaban J connectivity index is 3.10. The maximum absolute atomic E-state index is 9.39. The summed E-state index contributed by atoms with van der Waals surface area (Å²) >= 11 is 3.38. The number of aromatic hydroxyl groups is 1. The van der Waals surface area contributed by atoms with Crippen LogP contribution in [0.15, 0.2) is 22.7 Å². The number of hydrogen-bond donors (Lipinski definition) is 3. The van der Waals surface area contributed by atoms with Gasteiger partial charge >= 0.3 is 0 Å². The van der Waals surface area contributed by atoms with Gasteiger partial charge in [-0.15, -0.1) is 0 Å². The molecule has 1 atom stereocenters. The number of nitrogens with two attached hydrogens (primary N) is 1. The average molecular weight is 274 g/mol. The summed E-state index contributed by atoms with van der Waals surface area (Å²) in [7, 11) is 0. The summed E-state index contributed by atoms with van der Waals surface area (Å²) in [6.07, 6.45) is 0. The van der Waals surface area contributed by atoms with Crippen LogP contribution in [-0.2, 0) is 0 Å². The van der Waals surface area contributed by atoms with Crippen molar-refractivity contribution in [2.75, 3.05) is 6.61 Å². The van der Waals surface area contributed by atoms with Crippen LogP contribution in [0.25, 0.3) is 0 Å². The lowest BCUT2D eigenvalue weighted by atomic mass is 9.82. The zero-order valence-corrected chi connectivity index (χ0v) is 10.5. The monoisotopic (exact) mass is 273 g/mol. The predicted octanol–water partition coefficient (Wildman–Crippen LogP) is 2.17. The topological polar surface area (TPSA) is 66.5 Å². The van der Waals surface area contributed by atoms with Crippen LogP contribution in [0, 0.1) is 5.41 Å².